The predicted molar refractivity (Wildman–Crippen MR) is 125 cm³/mol. The first kappa shape index (κ1) is 23.0. The summed E-state index contributed by atoms with van der Waals surface area (Å²) in [6, 6.07) is 5.37. The Hall–Kier alpha value is -2.81. The highest BCUT2D eigenvalue weighted by Gasteiger charge is 2.56. The van der Waals surface area contributed by atoms with Crippen molar-refractivity contribution < 1.29 is 19.1 Å². The number of hydrogen-bond donors (Lipinski definition) is 0. The quantitative estimate of drug-likeness (QED) is 0.580. The van der Waals surface area contributed by atoms with Crippen molar-refractivity contribution >= 4 is 23.8 Å². The molecule has 5 rings (SSSR count). The average Bonchev–Trinajstić information content (AvgIpc) is 3.07. The molecule has 182 valence electrons. The second-order valence-corrected chi connectivity index (χ2v) is 11.2. The summed E-state index contributed by atoms with van der Waals surface area (Å²) in [5, 5.41) is 9.69. The fourth-order valence-corrected chi connectivity index (χ4v) is 5.63. The van der Waals surface area contributed by atoms with E-state index in [9.17, 15) is 9.59 Å². The first-order valence-corrected chi connectivity index (χ1v) is 11.9. The van der Waals surface area contributed by atoms with Gasteiger partial charge in [-0.15, -0.1) is 10.2 Å². The maximum absolute atomic E-state index is 12.5. The molecule has 2 amide bonds. The minimum atomic E-state index is -0.494. The molecule has 1 aromatic heterocycles. The van der Waals surface area contributed by atoms with Crippen LogP contribution in [0.5, 0.6) is 0 Å². The van der Waals surface area contributed by atoms with Gasteiger partial charge in [-0.3, -0.25) is 9.47 Å². The van der Waals surface area contributed by atoms with Crippen LogP contribution < -0.4 is 0 Å². The predicted octanol–water partition coefficient (Wildman–Crippen LogP) is 4.68. The number of methoxy groups -OCH3 is 1. The average molecular weight is 488 g/mol. The summed E-state index contributed by atoms with van der Waals surface area (Å²) >= 11 is 6.29. The SMILES string of the molecule is COC(=O)N1Cc2cc(Cl)ccc2-n2c(C3CC4(C3)CN(C(=O)OC(C)(C)C)C4)nnc2C1C. The molecule has 1 spiro atoms. The van der Waals surface area contributed by atoms with Gasteiger partial charge in [-0.05, 0) is 64.3 Å². The van der Waals surface area contributed by atoms with E-state index >= 15 is 0 Å². The fraction of sp³-hybridized carbons (Fsp3) is 0.583. The lowest BCUT2D eigenvalue weighted by Gasteiger charge is -2.58. The Labute approximate surface area is 204 Å². The van der Waals surface area contributed by atoms with Crippen LogP contribution in [0.15, 0.2) is 18.2 Å². The summed E-state index contributed by atoms with van der Waals surface area (Å²) in [7, 11) is 1.38. The molecule has 1 atom stereocenters. The zero-order valence-electron chi connectivity index (χ0n) is 20.2. The van der Waals surface area contributed by atoms with Gasteiger partial charge in [-0.25, -0.2) is 9.59 Å². The molecule has 0 radical (unpaired) electrons. The fourth-order valence-electron chi connectivity index (χ4n) is 5.43. The number of halogens is 1. The van der Waals surface area contributed by atoms with Gasteiger partial charge in [-0.1, -0.05) is 11.6 Å². The van der Waals surface area contributed by atoms with Crippen LogP contribution in [-0.4, -0.2) is 62.6 Å². The number of amides is 2. The number of ether oxygens (including phenoxy) is 2. The molecule has 1 aromatic carbocycles. The number of nitrogens with zero attached hydrogens (tertiary/aromatic N) is 5. The molecule has 34 heavy (non-hydrogen) atoms. The zero-order valence-corrected chi connectivity index (χ0v) is 20.9. The van der Waals surface area contributed by atoms with Crippen molar-refractivity contribution in [2.75, 3.05) is 20.2 Å². The normalized spacial score (nSPS) is 21.2. The lowest BCUT2D eigenvalue weighted by Crippen LogP contribution is -2.63. The summed E-state index contributed by atoms with van der Waals surface area (Å²) in [5.74, 6) is 1.81. The molecule has 1 saturated carbocycles. The van der Waals surface area contributed by atoms with E-state index in [2.05, 4.69) is 14.8 Å². The largest absolute Gasteiger partial charge is 0.453 e. The van der Waals surface area contributed by atoms with Crippen molar-refractivity contribution in [2.24, 2.45) is 5.41 Å². The molecule has 0 N–H and O–H groups in total. The lowest BCUT2D eigenvalue weighted by atomic mass is 9.57. The summed E-state index contributed by atoms with van der Waals surface area (Å²) in [6.45, 7) is 9.35. The van der Waals surface area contributed by atoms with Crippen LogP contribution >= 0.6 is 11.6 Å². The number of carbonyl (C=O) groups excluding carboxylic acids is 2. The van der Waals surface area contributed by atoms with E-state index in [1.54, 1.807) is 9.80 Å². The van der Waals surface area contributed by atoms with Crippen LogP contribution in [0.2, 0.25) is 5.02 Å². The maximum Gasteiger partial charge on any atom is 0.410 e. The Kier molecular flexibility index (Phi) is 5.31. The molecular formula is C24H30ClN5O4. The number of benzene rings is 1. The second kappa shape index (κ2) is 7.86. The second-order valence-electron chi connectivity index (χ2n) is 10.7. The smallest absolute Gasteiger partial charge is 0.410 e. The number of aromatic nitrogens is 3. The van der Waals surface area contributed by atoms with Crippen molar-refractivity contribution in [1.29, 1.82) is 0 Å². The Morgan fingerprint density at radius 2 is 1.79 bits per heavy atom. The van der Waals surface area contributed by atoms with Crippen LogP contribution in [0.4, 0.5) is 9.59 Å². The van der Waals surface area contributed by atoms with Gasteiger partial charge >= 0.3 is 12.2 Å². The van der Waals surface area contributed by atoms with E-state index in [0.717, 1.165) is 29.9 Å². The Morgan fingerprint density at radius 3 is 2.44 bits per heavy atom. The van der Waals surface area contributed by atoms with Crippen LogP contribution in [0.1, 0.15) is 69.7 Å². The van der Waals surface area contributed by atoms with Crippen LogP contribution in [-0.2, 0) is 16.0 Å². The van der Waals surface area contributed by atoms with Crippen molar-refractivity contribution in [3.8, 4) is 5.69 Å². The number of hydrogen-bond acceptors (Lipinski definition) is 6. The van der Waals surface area contributed by atoms with Gasteiger partial charge < -0.3 is 14.4 Å². The van der Waals surface area contributed by atoms with Gasteiger partial charge in [-0.2, -0.15) is 0 Å². The summed E-state index contributed by atoms with van der Waals surface area (Å²) in [4.78, 5) is 28.3. The third-order valence-corrected chi connectivity index (χ3v) is 7.25. The third kappa shape index (κ3) is 3.79. The number of likely N-dealkylation sites (tertiary alicyclic amines) is 1. The van der Waals surface area contributed by atoms with Gasteiger partial charge in [0, 0.05) is 29.4 Å². The number of fused-ring (bicyclic) bond motifs is 3. The van der Waals surface area contributed by atoms with Crippen LogP contribution in [0, 0.1) is 5.41 Å². The summed E-state index contributed by atoms with van der Waals surface area (Å²) < 4.78 is 12.6. The standard InChI is InChI=1S/C24H30ClN5O4/c1-14-19-26-27-20(16-9-24(10-16)12-28(13-24)21(31)34-23(2,3)4)30(19)18-7-6-17(25)8-15(18)11-29(14)22(32)33-5/h6-8,14,16H,9-13H2,1-5H3. The minimum absolute atomic E-state index is 0.116. The molecule has 2 fully saturated rings. The molecule has 2 aliphatic heterocycles. The van der Waals surface area contributed by atoms with E-state index in [-0.39, 0.29) is 23.5 Å². The van der Waals surface area contributed by atoms with Gasteiger partial charge in [0.2, 0.25) is 0 Å². The van der Waals surface area contributed by atoms with Gasteiger partial charge in [0.15, 0.2) is 5.82 Å². The van der Waals surface area contributed by atoms with Crippen molar-refractivity contribution in [1.82, 2.24) is 24.6 Å². The molecule has 10 heteroatoms. The highest BCUT2D eigenvalue weighted by Crippen LogP contribution is 2.56. The molecule has 1 saturated heterocycles. The molecule has 9 nitrogen and oxygen atoms in total. The van der Waals surface area contributed by atoms with E-state index in [1.165, 1.54) is 7.11 Å². The Morgan fingerprint density at radius 1 is 1.12 bits per heavy atom. The number of rotatable bonds is 1. The van der Waals surface area contributed by atoms with Crippen molar-refractivity contribution in [3.63, 3.8) is 0 Å². The topological polar surface area (TPSA) is 89.8 Å². The highest BCUT2D eigenvalue weighted by atomic mass is 35.5. The van der Waals surface area contributed by atoms with Crippen molar-refractivity contribution in [3.05, 3.63) is 40.4 Å². The van der Waals surface area contributed by atoms with Gasteiger partial charge in [0.05, 0.1) is 25.4 Å². The van der Waals surface area contributed by atoms with E-state index < -0.39 is 11.7 Å². The van der Waals surface area contributed by atoms with Gasteiger partial charge in [0.1, 0.15) is 11.4 Å². The Bertz CT molecular complexity index is 1140. The molecule has 0 bridgehead atoms. The van der Waals surface area contributed by atoms with Crippen LogP contribution in [0.25, 0.3) is 5.69 Å². The highest BCUT2D eigenvalue weighted by molar-refractivity contribution is 6.30. The lowest BCUT2D eigenvalue weighted by molar-refractivity contribution is -0.0800. The zero-order chi connectivity index (χ0) is 24.4. The summed E-state index contributed by atoms with van der Waals surface area (Å²) in [6.07, 6.45) is 1.20. The molecule has 3 aliphatic rings. The maximum atomic E-state index is 12.5. The molecule has 1 unspecified atom stereocenters. The van der Waals surface area contributed by atoms with Crippen LogP contribution in [0.3, 0.4) is 0 Å². The molecule has 1 aliphatic carbocycles. The Balaban J connectivity index is 1.39. The monoisotopic (exact) mass is 487 g/mol. The number of carbonyl (C=O) groups is 2. The molecule has 3 heterocycles. The first-order chi connectivity index (χ1) is 16.0. The van der Waals surface area contributed by atoms with E-state index in [0.29, 0.717) is 30.5 Å². The third-order valence-electron chi connectivity index (χ3n) is 7.01. The van der Waals surface area contributed by atoms with E-state index in [1.807, 2.05) is 45.9 Å². The van der Waals surface area contributed by atoms with Gasteiger partial charge in [0.25, 0.3) is 0 Å². The first-order valence-electron chi connectivity index (χ1n) is 11.6. The minimum Gasteiger partial charge on any atom is -0.453 e. The van der Waals surface area contributed by atoms with E-state index in [4.69, 9.17) is 21.1 Å². The molecule has 2 aromatic rings. The van der Waals surface area contributed by atoms with Crippen molar-refractivity contribution in [2.45, 2.75) is 64.6 Å². The summed E-state index contributed by atoms with van der Waals surface area (Å²) in [5.41, 5.74) is 1.47. The molecular weight excluding hydrogens is 458 g/mol.